The fourth-order valence-electron chi connectivity index (χ4n) is 2.03. The van der Waals surface area contributed by atoms with E-state index in [2.05, 4.69) is 20.2 Å². The summed E-state index contributed by atoms with van der Waals surface area (Å²) in [6.45, 7) is 1.98. The van der Waals surface area contributed by atoms with Crippen molar-refractivity contribution in [3.05, 3.63) is 51.4 Å². The molecule has 0 atom stereocenters. The normalized spacial score (nSPS) is 11.2. The Morgan fingerprint density at radius 2 is 2.04 bits per heavy atom. The van der Waals surface area contributed by atoms with Crippen LogP contribution in [0.5, 0.6) is 0 Å². The molecule has 9 heteroatoms. The van der Waals surface area contributed by atoms with E-state index in [0.717, 1.165) is 27.2 Å². The number of aryl methyl sites for hydroxylation is 1. The van der Waals surface area contributed by atoms with Crippen molar-refractivity contribution in [1.29, 1.82) is 0 Å². The van der Waals surface area contributed by atoms with E-state index in [0.29, 0.717) is 23.3 Å². The van der Waals surface area contributed by atoms with Crippen molar-refractivity contribution in [1.82, 2.24) is 20.2 Å². The molecule has 0 saturated carbocycles. The van der Waals surface area contributed by atoms with Gasteiger partial charge < -0.3 is 8.83 Å². The van der Waals surface area contributed by atoms with Crippen molar-refractivity contribution < 1.29 is 8.83 Å². The predicted molar refractivity (Wildman–Crippen MR) is 93.3 cm³/mol. The minimum absolute atomic E-state index is 0.546. The highest BCUT2D eigenvalue weighted by molar-refractivity contribution is 7.98. The highest BCUT2D eigenvalue weighted by Gasteiger charge is 2.12. The zero-order valence-corrected chi connectivity index (χ0v) is 15.1. The van der Waals surface area contributed by atoms with Gasteiger partial charge in [-0.05, 0) is 19.1 Å². The lowest BCUT2D eigenvalue weighted by Crippen LogP contribution is -1.88. The molecule has 24 heavy (non-hydrogen) atoms. The Kier molecular flexibility index (Phi) is 4.46. The molecule has 0 bridgehead atoms. The van der Waals surface area contributed by atoms with Gasteiger partial charge in [-0.3, -0.25) is 0 Å². The molecule has 0 aromatic carbocycles. The molecule has 0 fully saturated rings. The summed E-state index contributed by atoms with van der Waals surface area (Å²) >= 11 is 4.65. The van der Waals surface area contributed by atoms with Crippen LogP contribution in [0.25, 0.3) is 10.8 Å². The van der Waals surface area contributed by atoms with Crippen molar-refractivity contribution in [2.75, 3.05) is 0 Å². The molecular weight excluding hydrogens is 364 g/mol. The molecule has 0 spiro atoms. The Bertz CT molecular complexity index is 926. The zero-order valence-electron chi connectivity index (χ0n) is 12.6. The van der Waals surface area contributed by atoms with Crippen molar-refractivity contribution in [2.24, 2.45) is 0 Å². The van der Waals surface area contributed by atoms with Crippen LogP contribution in [0, 0.1) is 6.92 Å². The first kappa shape index (κ1) is 15.6. The van der Waals surface area contributed by atoms with Crippen LogP contribution in [0.2, 0.25) is 0 Å². The summed E-state index contributed by atoms with van der Waals surface area (Å²) in [6.07, 6.45) is 2.21. The Hall–Kier alpha value is -1.97. The molecule has 4 heterocycles. The second-order valence-electron chi connectivity index (χ2n) is 4.91. The second kappa shape index (κ2) is 6.88. The lowest BCUT2D eigenvalue weighted by atomic mass is 10.3. The van der Waals surface area contributed by atoms with E-state index in [4.69, 9.17) is 8.83 Å². The fraction of sp³-hybridized carbons (Fsp3) is 0.200. The van der Waals surface area contributed by atoms with Crippen LogP contribution in [0.15, 0.2) is 43.2 Å². The first-order valence-electron chi connectivity index (χ1n) is 7.11. The van der Waals surface area contributed by atoms with Crippen molar-refractivity contribution in [3.63, 3.8) is 0 Å². The minimum atomic E-state index is 0.546. The van der Waals surface area contributed by atoms with E-state index in [1.165, 1.54) is 11.8 Å². The lowest BCUT2D eigenvalue weighted by Gasteiger charge is -1.92. The molecule has 0 aliphatic rings. The maximum atomic E-state index is 5.66. The topological polar surface area (TPSA) is 77.8 Å². The van der Waals surface area contributed by atoms with Crippen LogP contribution in [0.4, 0.5) is 0 Å². The standard InChI is InChI=1S/C15H12N4O2S3/c1-9-16-10(6-22-9)5-13-18-19-15(21-13)24-8-11-7-23-14(17-11)12-3-2-4-20-12/h2-4,6-7H,5,8H2,1H3. The number of thiazole rings is 2. The third-order valence-corrected chi connectivity index (χ3v) is 5.65. The number of hydrogen-bond donors (Lipinski definition) is 0. The number of nitrogens with zero attached hydrogens (tertiary/aromatic N) is 4. The maximum absolute atomic E-state index is 5.66. The summed E-state index contributed by atoms with van der Waals surface area (Å²) in [5.74, 6) is 2.04. The Labute approximate surface area is 150 Å². The minimum Gasteiger partial charge on any atom is -0.462 e. The largest absolute Gasteiger partial charge is 0.462 e. The SMILES string of the molecule is Cc1nc(Cc2nnc(SCc3csc(-c4ccco4)n3)o2)cs1. The van der Waals surface area contributed by atoms with Gasteiger partial charge in [0, 0.05) is 16.5 Å². The fourth-order valence-corrected chi connectivity index (χ4v) is 4.21. The van der Waals surface area contributed by atoms with E-state index >= 15 is 0 Å². The predicted octanol–water partition coefficient (Wildman–Crippen LogP) is 4.43. The molecule has 4 aromatic rings. The molecule has 0 amide bonds. The van der Waals surface area contributed by atoms with E-state index < -0.39 is 0 Å². The number of rotatable bonds is 6. The van der Waals surface area contributed by atoms with Gasteiger partial charge in [0.1, 0.15) is 0 Å². The number of aromatic nitrogens is 4. The van der Waals surface area contributed by atoms with Gasteiger partial charge in [-0.2, -0.15) is 0 Å². The van der Waals surface area contributed by atoms with Crippen LogP contribution in [0.3, 0.4) is 0 Å². The first-order chi connectivity index (χ1) is 11.8. The second-order valence-corrected chi connectivity index (χ2v) is 7.75. The van der Waals surface area contributed by atoms with Gasteiger partial charge in [0.25, 0.3) is 5.22 Å². The van der Waals surface area contributed by atoms with Crippen molar-refractivity contribution in [3.8, 4) is 10.8 Å². The summed E-state index contributed by atoms with van der Waals surface area (Å²) in [5.41, 5.74) is 1.92. The maximum Gasteiger partial charge on any atom is 0.276 e. The molecule has 122 valence electrons. The van der Waals surface area contributed by atoms with E-state index in [1.807, 2.05) is 29.8 Å². The number of furan rings is 1. The average Bonchev–Trinajstić information content (AvgIpc) is 3.34. The van der Waals surface area contributed by atoms with E-state index in [1.54, 1.807) is 28.9 Å². The summed E-state index contributed by atoms with van der Waals surface area (Å²) < 4.78 is 11.0. The molecule has 4 rings (SSSR count). The smallest absolute Gasteiger partial charge is 0.276 e. The Morgan fingerprint density at radius 1 is 1.12 bits per heavy atom. The monoisotopic (exact) mass is 376 g/mol. The third-order valence-electron chi connectivity index (χ3n) is 3.07. The molecule has 0 aliphatic heterocycles. The van der Waals surface area contributed by atoms with Gasteiger partial charge in [0.2, 0.25) is 5.89 Å². The summed E-state index contributed by atoms with van der Waals surface area (Å²) in [6, 6.07) is 3.76. The first-order valence-corrected chi connectivity index (χ1v) is 9.85. The van der Waals surface area contributed by atoms with Crippen molar-refractivity contribution in [2.45, 2.75) is 24.3 Å². The van der Waals surface area contributed by atoms with Crippen LogP contribution < -0.4 is 0 Å². The molecule has 0 radical (unpaired) electrons. The highest BCUT2D eigenvalue weighted by Crippen LogP contribution is 2.28. The van der Waals surface area contributed by atoms with Crippen LogP contribution >= 0.6 is 34.4 Å². The Balaban J connectivity index is 1.36. The van der Waals surface area contributed by atoms with E-state index in [-0.39, 0.29) is 0 Å². The molecule has 0 saturated heterocycles. The number of hydrogen-bond acceptors (Lipinski definition) is 9. The van der Waals surface area contributed by atoms with Gasteiger partial charge in [0.05, 0.1) is 29.1 Å². The number of thioether (sulfide) groups is 1. The van der Waals surface area contributed by atoms with Gasteiger partial charge in [-0.15, -0.1) is 32.9 Å². The van der Waals surface area contributed by atoms with E-state index in [9.17, 15) is 0 Å². The molecule has 6 nitrogen and oxygen atoms in total. The summed E-state index contributed by atoms with van der Waals surface area (Å²) in [4.78, 5) is 8.95. The highest BCUT2D eigenvalue weighted by atomic mass is 32.2. The molecular formula is C15H12N4O2S3. The summed E-state index contributed by atoms with van der Waals surface area (Å²) in [7, 11) is 0. The molecule has 4 aromatic heterocycles. The van der Waals surface area contributed by atoms with Crippen LogP contribution in [-0.4, -0.2) is 20.2 Å². The molecule has 0 aliphatic carbocycles. The zero-order chi connectivity index (χ0) is 16.4. The van der Waals surface area contributed by atoms with Crippen LogP contribution in [0.1, 0.15) is 22.3 Å². The molecule has 0 unspecified atom stereocenters. The van der Waals surface area contributed by atoms with Gasteiger partial charge in [0.15, 0.2) is 10.8 Å². The van der Waals surface area contributed by atoms with Gasteiger partial charge in [-0.1, -0.05) is 11.8 Å². The van der Waals surface area contributed by atoms with Crippen LogP contribution in [-0.2, 0) is 12.2 Å². The third kappa shape index (κ3) is 3.58. The van der Waals surface area contributed by atoms with Gasteiger partial charge in [-0.25, -0.2) is 9.97 Å². The van der Waals surface area contributed by atoms with Gasteiger partial charge >= 0.3 is 0 Å². The lowest BCUT2D eigenvalue weighted by molar-refractivity contribution is 0.419. The Morgan fingerprint density at radius 3 is 2.83 bits per heavy atom. The average molecular weight is 376 g/mol. The quantitative estimate of drug-likeness (QED) is 0.460. The van der Waals surface area contributed by atoms with Crippen molar-refractivity contribution >= 4 is 34.4 Å². The summed E-state index contributed by atoms with van der Waals surface area (Å²) in [5, 5.41) is 14.6. The molecule has 0 N–H and O–H groups in total.